The Morgan fingerprint density at radius 1 is 1.35 bits per heavy atom. The molecule has 140 valence electrons. The lowest BCUT2D eigenvalue weighted by atomic mass is 9.99. The summed E-state index contributed by atoms with van der Waals surface area (Å²) in [5.41, 5.74) is 7.47. The van der Waals surface area contributed by atoms with Crippen LogP contribution >= 0.6 is 11.6 Å². The van der Waals surface area contributed by atoms with Gasteiger partial charge in [-0.25, -0.2) is 0 Å². The highest BCUT2D eigenvalue weighted by atomic mass is 35.5. The first-order valence-corrected chi connectivity index (χ1v) is 9.67. The summed E-state index contributed by atoms with van der Waals surface area (Å²) < 4.78 is 2.14. The molecule has 0 fully saturated rings. The molecule has 0 bridgehead atoms. The van der Waals surface area contributed by atoms with E-state index >= 15 is 0 Å². The van der Waals surface area contributed by atoms with Crippen molar-refractivity contribution in [3.05, 3.63) is 29.0 Å². The van der Waals surface area contributed by atoms with E-state index in [2.05, 4.69) is 20.1 Å². The van der Waals surface area contributed by atoms with E-state index in [1.165, 1.54) is 6.42 Å². The molecule has 26 heavy (non-hydrogen) atoms. The third-order valence-electron chi connectivity index (χ3n) is 5.14. The molecule has 1 aromatic heterocycles. The smallest absolute Gasteiger partial charge is 0.241 e. The van der Waals surface area contributed by atoms with Crippen LogP contribution in [0.5, 0.6) is 0 Å². The number of aromatic nitrogens is 3. The molecule has 1 aliphatic rings. The molecule has 2 heterocycles. The molecule has 0 saturated heterocycles. The van der Waals surface area contributed by atoms with Gasteiger partial charge in [0.15, 0.2) is 5.82 Å². The summed E-state index contributed by atoms with van der Waals surface area (Å²) in [4.78, 5) is 12.4. The molecule has 3 N–H and O–H groups in total. The van der Waals surface area contributed by atoms with Gasteiger partial charge in [0.1, 0.15) is 5.82 Å². The molecule has 6 nitrogen and oxygen atoms in total. The Bertz CT molecular complexity index is 788. The van der Waals surface area contributed by atoms with Gasteiger partial charge < -0.3 is 15.6 Å². The lowest BCUT2D eigenvalue weighted by Crippen LogP contribution is -2.40. The Kier molecular flexibility index (Phi) is 5.94. The van der Waals surface area contributed by atoms with Gasteiger partial charge in [-0.05, 0) is 37.0 Å². The maximum absolute atomic E-state index is 12.4. The zero-order valence-electron chi connectivity index (χ0n) is 15.3. The molecule has 3 rings (SSSR count). The number of rotatable bonds is 5. The van der Waals surface area contributed by atoms with Crippen LogP contribution in [0.25, 0.3) is 11.4 Å². The SMILES string of the molecule is CCC(C)C(N)C(=O)Nc1ccc(Cl)c(-c2nnc3n2CCCCC3)c1. The van der Waals surface area contributed by atoms with Crippen molar-refractivity contribution in [3.8, 4) is 11.4 Å². The average molecular weight is 376 g/mol. The van der Waals surface area contributed by atoms with Crippen molar-refractivity contribution >= 4 is 23.2 Å². The van der Waals surface area contributed by atoms with Gasteiger partial charge >= 0.3 is 0 Å². The van der Waals surface area contributed by atoms with E-state index in [0.29, 0.717) is 10.7 Å². The van der Waals surface area contributed by atoms with Gasteiger partial charge in [0.25, 0.3) is 0 Å². The number of nitrogens with one attached hydrogen (secondary N) is 1. The van der Waals surface area contributed by atoms with Crippen LogP contribution in [0.15, 0.2) is 18.2 Å². The first-order valence-electron chi connectivity index (χ1n) is 9.29. The van der Waals surface area contributed by atoms with E-state index in [1.54, 1.807) is 12.1 Å². The first-order chi connectivity index (χ1) is 12.5. The monoisotopic (exact) mass is 375 g/mol. The standard InChI is InChI=1S/C19H26ClN5O/c1-3-12(2)17(21)19(26)22-13-8-9-15(20)14(11-13)18-24-23-16-7-5-4-6-10-25(16)18/h8-9,11-12,17H,3-7,10,21H2,1-2H3,(H,22,26). The van der Waals surface area contributed by atoms with Crippen LogP contribution < -0.4 is 11.1 Å². The van der Waals surface area contributed by atoms with Crippen LogP contribution in [-0.4, -0.2) is 26.7 Å². The zero-order valence-corrected chi connectivity index (χ0v) is 16.1. The molecule has 0 saturated carbocycles. The van der Waals surface area contributed by atoms with E-state index in [1.807, 2.05) is 19.9 Å². The molecule has 2 aromatic rings. The van der Waals surface area contributed by atoms with Crippen molar-refractivity contribution < 1.29 is 4.79 Å². The Hall–Kier alpha value is -1.92. The third-order valence-corrected chi connectivity index (χ3v) is 5.47. The molecular formula is C19H26ClN5O. The number of hydrogen-bond donors (Lipinski definition) is 2. The van der Waals surface area contributed by atoms with E-state index in [9.17, 15) is 4.79 Å². The van der Waals surface area contributed by atoms with Crippen LogP contribution in [-0.2, 0) is 17.8 Å². The van der Waals surface area contributed by atoms with Gasteiger partial charge in [-0.15, -0.1) is 10.2 Å². The molecule has 1 aliphatic heterocycles. The predicted octanol–water partition coefficient (Wildman–Crippen LogP) is 3.64. The predicted molar refractivity (Wildman–Crippen MR) is 104 cm³/mol. The van der Waals surface area contributed by atoms with Crippen molar-refractivity contribution in [2.75, 3.05) is 5.32 Å². The van der Waals surface area contributed by atoms with Crippen LogP contribution in [0.1, 0.15) is 45.4 Å². The number of halogens is 1. The van der Waals surface area contributed by atoms with Crippen LogP contribution in [0.3, 0.4) is 0 Å². The largest absolute Gasteiger partial charge is 0.325 e. The summed E-state index contributed by atoms with van der Waals surface area (Å²) >= 11 is 6.42. The number of carbonyl (C=O) groups excluding carboxylic acids is 1. The van der Waals surface area contributed by atoms with Crippen LogP contribution in [0.2, 0.25) is 5.02 Å². The summed E-state index contributed by atoms with van der Waals surface area (Å²) in [5.74, 6) is 1.69. The quantitative estimate of drug-likeness (QED) is 0.835. The van der Waals surface area contributed by atoms with Crippen molar-refractivity contribution in [2.24, 2.45) is 11.7 Å². The second-order valence-electron chi connectivity index (χ2n) is 7.00. The van der Waals surface area contributed by atoms with Gasteiger partial charge in [-0.1, -0.05) is 38.3 Å². The zero-order chi connectivity index (χ0) is 18.7. The van der Waals surface area contributed by atoms with Crippen molar-refractivity contribution in [1.82, 2.24) is 14.8 Å². The summed E-state index contributed by atoms with van der Waals surface area (Å²) in [5, 5.41) is 12.2. The molecule has 1 aromatic carbocycles. The minimum atomic E-state index is -0.538. The van der Waals surface area contributed by atoms with Gasteiger partial charge in [0.2, 0.25) is 5.91 Å². The van der Waals surface area contributed by atoms with Crippen molar-refractivity contribution in [2.45, 2.75) is 58.5 Å². The number of aryl methyl sites for hydroxylation is 1. The molecule has 0 spiro atoms. The average Bonchev–Trinajstić information content (AvgIpc) is 2.89. The fraction of sp³-hybridized carbons (Fsp3) is 0.526. The number of anilines is 1. The molecule has 7 heteroatoms. The first kappa shape index (κ1) is 18.9. The maximum atomic E-state index is 12.4. The molecule has 1 amide bonds. The van der Waals surface area contributed by atoms with E-state index in [-0.39, 0.29) is 11.8 Å². The summed E-state index contributed by atoms with van der Waals surface area (Å²) in [6, 6.07) is 4.88. The highest BCUT2D eigenvalue weighted by Gasteiger charge is 2.21. The molecular weight excluding hydrogens is 350 g/mol. The number of benzene rings is 1. The number of amides is 1. The Labute approximate surface area is 159 Å². The fourth-order valence-corrected chi connectivity index (χ4v) is 3.40. The van der Waals surface area contributed by atoms with Crippen LogP contribution in [0, 0.1) is 5.92 Å². The number of nitrogens with zero attached hydrogens (tertiary/aromatic N) is 3. The van der Waals surface area contributed by atoms with Gasteiger partial charge in [-0.3, -0.25) is 4.79 Å². The highest BCUT2D eigenvalue weighted by Crippen LogP contribution is 2.31. The minimum Gasteiger partial charge on any atom is -0.325 e. The normalized spacial score (nSPS) is 16.5. The summed E-state index contributed by atoms with van der Waals surface area (Å²) in [6.45, 7) is 4.89. The second-order valence-corrected chi connectivity index (χ2v) is 7.40. The molecule has 2 unspecified atom stereocenters. The number of fused-ring (bicyclic) bond motifs is 1. The topological polar surface area (TPSA) is 85.8 Å². The second kappa shape index (κ2) is 8.18. The number of nitrogens with two attached hydrogens (primary N) is 1. The van der Waals surface area contributed by atoms with Gasteiger partial charge in [0, 0.05) is 24.2 Å². The summed E-state index contributed by atoms with van der Waals surface area (Å²) in [7, 11) is 0. The van der Waals surface area contributed by atoms with E-state index in [4.69, 9.17) is 17.3 Å². The third kappa shape index (κ3) is 3.91. The van der Waals surface area contributed by atoms with Crippen LogP contribution in [0.4, 0.5) is 5.69 Å². The maximum Gasteiger partial charge on any atom is 0.241 e. The lowest BCUT2D eigenvalue weighted by Gasteiger charge is -2.18. The number of hydrogen-bond acceptors (Lipinski definition) is 4. The highest BCUT2D eigenvalue weighted by molar-refractivity contribution is 6.33. The van der Waals surface area contributed by atoms with Crippen molar-refractivity contribution in [1.29, 1.82) is 0 Å². The van der Waals surface area contributed by atoms with Crippen molar-refractivity contribution in [3.63, 3.8) is 0 Å². The van der Waals surface area contributed by atoms with E-state index < -0.39 is 6.04 Å². The lowest BCUT2D eigenvalue weighted by molar-refractivity contribution is -0.118. The fourth-order valence-electron chi connectivity index (χ4n) is 3.20. The Morgan fingerprint density at radius 2 is 2.15 bits per heavy atom. The Morgan fingerprint density at radius 3 is 2.92 bits per heavy atom. The van der Waals surface area contributed by atoms with Gasteiger partial charge in [-0.2, -0.15) is 0 Å². The molecule has 0 aliphatic carbocycles. The molecule has 2 atom stereocenters. The summed E-state index contributed by atoms with van der Waals surface area (Å²) in [6.07, 6.45) is 5.22. The van der Waals surface area contributed by atoms with E-state index in [0.717, 1.165) is 49.4 Å². The minimum absolute atomic E-state index is 0.119. The van der Waals surface area contributed by atoms with Gasteiger partial charge in [0.05, 0.1) is 11.1 Å². The molecule has 0 radical (unpaired) electrons. The Balaban J connectivity index is 1.87. The number of carbonyl (C=O) groups is 1.